The van der Waals surface area contributed by atoms with Crippen LogP contribution >= 0.6 is 23.2 Å². The summed E-state index contributed by atoms with van der Waals surface area (Å²) in [6, 6.07) is 17.6. The number of benzene rings is 3. The van der Waals surface area contributed by atoms with E-state index >= 15 is 0 Å². The van der Waals surface area contributed by atoms with E-state index in [0.29, 0.717) is 33.6 Å². The molecule has 3 aromatic carbocycles. The van der Waals surface area contributed by atoms with Crippen LogP contribution in [0, 0.1) is 11.3 Å². The number of nitrogens with one attached hydrogen (secondary N) is 1. The van der Waals surface area contributed by atoms with Gasteiger partial charge in [0.2, 0.25) is 0 Å². The van der Waals surface area contributed by atoms with Crippen LogP contribution in [-0.4, -0.2) is 27.2 Å². The third-order valence-electron chi connectivity index (χ3n) is 5.16. The fraction of sp³-hybridized carbons (Fsp3) is 0.185. The maximum Gasteiger partial charge on any atom is 0.262 e. The summed E-state index contributed by atoms with van der Waals surface area (Å²) in [6.45, 7) is 0.412. The molecule has 0 atom stereocenters. The molecule has 0 aliphatic rings. The molecular formula is C27H24Cl2N2O5. The Bertz CT molecular complexity index is 1300. The van der Waals surface area contributed by atoms with E-state index in [-0.39, 0.29) is 23.7 Å². The van der Waals surface area contributed by atoms with E-state index in [1.807, 2.05) is 18.2 Å². The third-order valence-corrected chi connectivity index (χ3v) is 5.69. The molecular weight excluding hydrogens is 503 g/mol. The lowest BCUT2D eigenvalue weighted by Crippen LogP contribution is -2.24. The van der Waals surface area contributed by atoms with Gasteiger partial charge in [-0.3, -0.25) is 4.79 Å². The Morgan fingerprint density at radius 1 is 0.972 bits per heavy atom. The zero-order valence-corrected chi connectivity index (χ0v) is 21.4. The predicted octanol–water partition coefficient (Wildman–Crippen LogP) is 5.82. The minimum Gasteiger partial charge on any atom is -0.497 e. The number of nitriles is 1. The summed E-state index contributed by atoms with van der Waals surface area (Å²) in [5, 5.41) is 13.2. The maximum atomic E-state index is 12.7. The van der Waals surface area contributed by atoms with Crippen LogP contribution in [0.2, 0.25) is 10.0 Å². The van der Waals surface area contributed by atoms with E-state index in [4.69, 9.17) is 42.1 Å². The smallest absolute Gasteiger partial charge is 0.262 e. The molecule has 0 bridgehead atoms. The molecule has 0 saturated carbocycles. The molecule has 3 aromatic rings. The largest absolute Gasteiger partial charge is 0.497 e. The maximum absolute atomic E-state index is 12.7. The van der Waals surface area contributed by atoms with Crippen LogP contribution < -0.4 is 24.3 Å². The quantitative estimate of drug-likeness (QED) is 0.264. The highest BCUT2D eigenvalue weighted by Crippen LogP contribution is 2.37. The first-order chi connectivity index (χ1) is 17.4. The van der Waals surface area contributed by atoms with Crippen LogP contribution in [0.4, 0.5) is 0 Å². The van der Waals surface area contributed by atoms with Crippen LogP contribution in [-0.2, 0) is 17.9 Å². The summed E-state index contributed by atoms with van der Waals surface area (Å²) < 4.78 is 21.8. The fourth-order valence-corrected chi connectivity index (χ4v) is 3.68. The molecule has 36 heavy (non-hydrogen) atoms. The predicted molar refractivity (Wildman–Crippen MR) is 139 cm³/mol. The molecule has 186 valence electrons. The molecule has 0 radical (unpaired) electrons. The van der Waals surface area contributed by atoms with Crippen LogP contribution in [0.3, 0.4) is 0 Å². The first-order valence-corrected chi connectivity index (χ1v) is 11.5. The van der Waals surface area contributed by atoms with Gasteiger partial charge >= 0.3 is 0 Å². The Kier molecular flexibility index (Phi) is 9.46. The van der Waals surface area contributed by atoms with Gasteiger partial charge in [-0.25, -0.2) is 0 Å². The summed E-state index contributed by atoms with van der Waals surface area (Å²) in [4.78, 5) is 12.7. The van der Waals surface area contributed by atoms with E-state index in [1.54, 1.807) is 49.6 Å². The SMILES string of the molecule is COc1ccc(CNC(=O)/C(C#N)=C/c2cc(Cl)c(OCc3ccc(Cl)cc3)c(OC)c2)c(OC)c1. The summed E-state index contributed by atoms with van der Waals surface area (Å²) >= 11 is 12.4. The van der Waals surface area contributed by atoms with Gasteiger partial charge in [-0.1, -0.05) is 35.3 Å². The second kappa shape index (κ2) is 12.7. The molecule has 1 N–H and O–H groups in total. The molecule has 1 amide bonds. The Balaban J connectivity index is 1.75. The van der Waals surface area contributed by atoms with Gasteiger partial charge in [0.1, 0.15) is 29.7 Å². The average Bonchev–Trinajstić information content (AvgIpc) is 2.90. The van der Waals surface area contributed by atoms with Crippen LogP contribution in [0.25, 0.3) is 6.08 Å². The van der Waals surface area contributed by atoms with Crippen molar-refractivity contribution in [1.29, 1.82) is 5.26 Å². The molecule has 3 rings (SSSR count). The van der Waals surface area contributed by atoms with Gasteiger partial charge in [0.05, 0.1) is 26.4 Å². The van der Waals surface area contributed by atoms with Crippen molar-refractivity contribution in [3.63, 3.8) is 0 Å². The first kappa shape index (κ1) is 26.7. The number of carbonyl (C=O) groups is 1. The van der Waals surface area contributed by atoms with E-state index < -0.39 is 5.91 Å². The van der Waals surface area contributed by atoms with Crippen molar-refractivity contribution in [3.8, 4) is 29.1 Å². The Morgan fingerprint density at radius 3 is 2.33 bits per heavy atom. The second-order valence-electron chi connectivity index (χ2n) is 7.48. The number of rotatable bonds is 10. The molecule has 0 aromatic heterocycles. The molecule has 0 aliphatic heterocycles. The van der Waals surface area contributed by atoms with Crippen LogP contribution in [0.1, 0.15) is 16.7 Å². The van der Waals surface area contributed by atoms with Crippen molar-refractivity contribution >= 4 is 35.2 Å². The van der Waals surface area contributed by atoms with Crippen LogP contribution in [0.15, 0.2) is 60.2 Å². The number of amides is 1. The molecule has 9 heteroatoms. The average molecular weight is 527 g/mol. The van der Waals surface area contributed by atoms with Gasteiger partial charge in [0, 0.05) is 23.2 Å². The Labute approximate surface area is 219 Å². The standard InChI is InChI=1S/C27H24Cl2N2O5/c1-33-22-9-6-19(24(13-22)34-2)15-31-27(32)20(14-30)10-18-11-23(29)26(25(12-18)35-3)36-16-17-4-7-21(28)8-5-17/h4-13H,15-16H2,1-3H3,(H,31,32)/b20-10+. The Morgan fingerprint density at radius 2 is 1.69 bits per heavy atom. The van der Waals surface area contributed by atoms with Crippen molar-refractivity contribution in [1.82, 2.24) is 5.32 Å². The van der Waals surface area contributed by atoms with E-state index in [2.05, 4.69) is 5.32 Å². The molecule has 0 saturated heterocycles. The topological polar surface area (TPSA) is 89.8 Å². The molecule has 0 fully saturated rings. The minimum atomic E-state index is -0.548. The Hall–Kier alpha value is -3.86. The molecule has 7 nitrogen and oxygen atoms in total. The number of nitrogens with zero attached hydrogens (tertiary/aromatic N) is 1. The third kappa shape index (κ3) is 6.85. The number of halogens is 2. The molecule has 0 heterocycles. The molecule has 0 unspecified atom stereocenters. The summed E-state index contributed by atoms with van der Waals surface area (Å²) in [5.41, 5.74) is 2.04. The monoisotopic (exact) mass is 526 g/mol. The summed E-state index contributed by atoms with van der Waals surface area (Å²) in [6.07, 6.45) is 1.43. The number of carbonyl (C=O) groups excluding carboxylic acids is 1. The summed E-state index contributed by atoms with van der Waals surface area (Å²) in [7, 11) is 4.56. The lowest BCUT2D eigenvalue weighted by atomic mass is 10.1. The zero-order valence-electron chi connectivity index (χ0n) is 19.9. The van der Waals surface area contributed by atoms with E-state index in [9.17, 15) is 10.1 Å². The highest BCUT2D eigenvalue weighted by atomic mass is 35.5. The van der Waals surface area contributed by atoms with Gasteiger partial charge in [-0.15, -0.1) is 0 Å². The lowest BCUT2D eigenvalue weighted by molar-refractivity contribution is -0.117. The van der Waals surface area contributed by atoms with Crippen molar-refractivity contribution < 1.29 is 23.7 Å². The number of ether oxygens (including phenoxy) is 4. The lowest BCUT2D eigenvalue weighted by Gasteiger charge is -2.14. The molecule has 0 aliphatic carbocycles. The van der Waals surface area contributed by atoms with Gasteiger partial charge in [0.15, 0.2) is 11.5 Å². The number of methoxy groups -OCH3 is 3. The fourth-order valence-electron chi connectivity index (χ4n) is 3.28. The highest BCUT2D eigenvalue weighted by molar-refractivity contribution is 6.32. The van der Waals surface area contributed by atoms with Gasteiger partial charge in [0.25, 0.3) is 5.91 Å². The van der Waals surface area contributed by atoms with Gasteiger partial charge in [-0.05, 0) is 53.6 Å². The summed E-state index contributed by atoms with van der Waals surface area (Å²) in [5.74, 6) is 1.35. The van der Waals surface area contributed by atoms with Crippen molar-refractivity contribution in [3.05, 3.63) is 86.9 Å². The number of hydrogen-bond donors (Lipinski definition) is 1. The van der Waals surface area contributed by atoms with Crippen molar-refractivity contribution in [2.24, 2.45) is 0 Å². The van der Waals surface area contributed by atoms with Gasteiger partial charge < -0.3 is 24.3 Å². The van der Waals surface area contributed by atoms with E-state index in [0.717, 1.165) is 11.1 Å². The first-order valence-electron chi connectivity index (χ1n) is 10.7. The van der Waals surface area contributed by atoms with E-state index in [1.165, 1.54) is 20.3 Å². The minimum absolute atomic E-state index is 0.101. The molecule has 0 spiro atoms. The highest BCUT2D eigenvalue weighted by Gasteiger charge is 2.15. The number of hydrogen-bond acceptors (Lipinski definition) is 6. The zero-order chi connectivity index (χ0) is 26.1. The van der Waals surface area contributed by atoms with Crippen molar-refractivity contribution in [2.75, 3.05) is 21.3 Å². The second-order valence-corrected chi connectivity index (χ2v) is 8.32. The van der Waals surface area contributed by atoms with Crippen molar-refractivity contribution in [2.45, 2.75) is 13.2 Å². The normalized spacial score (nSPS) is 10.8. The van der Waals surface area contributed by atoms with Gasteiger partial charge in [-0.2, -0.15) is 5.26 Å². The van der Waals surface area contributed by atoms with Crippen LogP contribution in [0.5, 0.6) is 23.0 Å².